The fourth-order valence-corrected chi connectivity index (χ4v) is 4.03. The fourth-order valence-electron chi connectivity index (χ4n) is 4.03. The maximum Gasteiger partial charge on any atom is 0.193 e. The second-order valence-electron chi connectivity index (χ2n) is 8.31. The van der Waals surface area contributed by atoms with Crippen LogP contribution in [0.2, 0.25) is 0 Å². The zero-order chi connectivity index (χ0) is 20.3. The molecule has 2 atom stereocenters. The Morgan fingerprint density at radius 1 is 1.24 bits per heavy atom. The van der Waals surface area contributed by atoms with Crippen molar-refractivity contribution in [1.82, 2.24) is 15.1 Å². The first kappa shape index (κ1) is 22.1. The van der Waals surface area contributed by atoms with E-state index in [-0.39, 0.29) is 0 Å². The Morgan fingerprint density at radius 3 is 2.79 bits per heavy atom. The largest absolute Gasteiger partial charge is 0.379 e. The van der Waals surface area contributed by atoms with Crippen molar-refractivity contribution < 1.29 is 9.47 Å². The van der Waals surface area contributed by atoms with Gasteiger partial charge in [-0.1, -0.05) is 37.3 Å². The summed E-state index contributed by atoms with van der Waals surface area (Å²) >= 11 is 0. The molecule has 2 fully saturated rings. The highest BCUT2D eigenvalue weighted by Gasteiger charge is 2.25. The first-order valence-corrected chi connectivity index (χ1v) is 11.2. The van der Waals surface area contributed by atoms with E-state index in [0.29, 0.717) is 18.4 Å². The van der Waals surface area contributed by atoms with Crippen molar-refractivity contribution in [3.63, 3.8) is 0 Å². The van der Waals surface area contributed by atoms with Crippen LogP contribution >= 0.6 is 0 Å². The third-order valence-corrected chi connectivity index (χ3v) is 5.61. The number of morpholine rings is 1. The van der Waals surface area contributed by atoms with Gasteiger partial charge in [-0.05, 0) is 24.8 Å². The van der Waals surface area contributed by atoms with Gasteiger partial charge in [0.25, 0.3) is 0 Å². The summed E-state index contributed by atoms with van der Waals surface area (Å²) in [4.78, 5) is 9.85. The minimum Gasteiger partial charge on any atom is -0.379 e. The standard InChI is InChI=1S/C23H38N4O2/c1-3-24-23(25-15-20(2)16-26-11-13-28-14-12-26)27-10-9-22(17-27)19-29-18-21-7-5-4-6-8-21/h4-8,20,22H,3,9-19H2,1-2H3,(H,24,25). The van der Waals surface area contributed by atoms with E-state index < -0.39 is 0 Å². The lowest BCUT2D eigenvalue weighted by Gasteiger charge is -2.29. The molecule has 1 aromatic rings. The van der Waals surface area contributed by atoms with Gasteiger partial charge in [-0.25, -0.2) is 0 Å². The van der Waals surface area contributed by atoms with Gasteiger partial charge >= 0.3 is 0 Å². The molecule has 0 radical (unpaired) electrons. The number of aliphatic imine (C=N–C) groups is 1. The fraction of sp³-hybridized carbons (Fsp3) is 0.696. The smallest absolute Gasteiger partial charge is 0.193 e. The Kier molecular flexibility index (Phi) is 9.25. The van der Waals surface area contributed by atoms with E-state index in [2.05, 4.69) is 53.2 Å². The number of ether oxygens (including phenoxy) is 2. The summed E-state index contributed by atoms with van der Waals surface area (Å²) in [6, 6.07) is 10.4. The van der Waals surface area contributed by atoms with Crippen molar-refractivity contribution in [3.8, 4) is 0 Å². The SMILES string of the molecule is CCNC(=NCC(C)CN1CCOCC1)N1CCC(COCc2ccccc2)C1. The predicted molar refractivity (Wildman–Crippen MR) is 118 cm³/mol. The van der Waals surface area contributed by atoms with E-state index >= 15 is 0 Å². The first-order valence-electron chi connectivity index (χ1n) is 11.2. The molecule has 2 aliphatic rings. The topological polar surface area (TPSA) is 49.3 Å². The van der Waals surface area contributed by atoms with Crippen LogP contribution in [-0.2, 0) is 16.1 Å². The van der Waals surface area contributed by atoms with Gasteiger partial charge in [0, 0.05) is 51.7 Å². The molecule has 162 valence electrons. The van der Waals surface area contributed by atoms with Gasteiger partial charge in [-0.2, -0.15) is 0 Å². The molecule has 2 unspecified atom stereocenters. The maximum atomic E-state index is 5.97. The first-order chi connectivity index (χ1) is 14.2. The summed E-state index contributed by atoms with van der Waals surface area (Å²) in [5.74, 6) is 2.19. The molecule has 0 spiro atoms. The highest BCUT2D eigenvalue weighted by atomic mass is 16.5. The van der Waals surface area contributed by atoms with Crippen LogP contribution in [-0.4, -0.2) is 81.4 Å². The molecule has 0 aromatic heterocycles. The van der Waals surface area contributed by atoms with Gasteiger partial charge in [0.05, 0.1) is 26.4 Å². The van der Waals surface area contributed by atoms with E-state index in [9.17, 15) is 0 Å². The van der Waals surface area contributed by atoms with E-state index in [1.165, 1.54) is 12.0 Å². The van der Waals surface area contributed by atoms with Crippen molar-refractivity contribution in [2.75, 3.05) is 65.6 Å². The van der Waals surface area contributed by atoms with Crippen LogP contribution in [0.5, 0.6) is 0 Å². The number of likely N-dealkylation sites (tertiary alicyclic amines) is 1. The number of benzene rings is 1. The Labute approximate surface area is 176 Å². The lowest BCUT2D eigenvalue weighted by Crippen LogP contribution is -2.41. The Hall–Kier alpha value is -1.63. The van der Waals surface area contributed by atoms with E-state index in [1.807, 2.05) is 6.07 Å². The summed E-state index contributed by atoms with van der Waals surface area (Å²) in [6.45, 7) is 14.7. The molecule has 2 aliphatic heterocycles. The van der Waals surface area contributed by atoms with Gasteiger partial charge in [-0.3, -0.25) is 9.89 Å². The van der Waals surface area contributed by atoms with Crippen LogP contribution in [0.1, 0.15) is 25.8 Å². The molecular formula is C23H38N4O2. The molecule has 0 amide bonds. The molecule has 0 saturated carbocycles. The molecule has 1 aromatic carbocycles. The van der Waals surface area contributed by atoms with Crippen molar-refractivity contribution in [3.05, 3.63) is 35.9 Å². The molecule has 6 heteroatoms. The number of hydrogen-bond donors (Lipinski definition) is 1. The van der Waals surface area contributed by atoms with Gasteiger partial charge in [0.15, 0.2) is 5.96 Å². The second-order valence-corrected chi connectivity index (χ2v) is 8.31. The number of rotatable bonds is 9. The van der Waals surface area contributed by atoms with E-state index in [0.717, 1.165) is 71.6 Å². The minimum absolute atomic E-state index is 0.550. The molecule has 1 N–H and O–H groups in total. The Bertz CT molecular complexity index is 604. The number of nitrogens with zero attached hydrogens (tertiary/aromatic N) is 3. The molecule has 29 heavy (non-hydrogen) atoms. The molecular weight excluding hydrogens is 364 g/mol. The average molecular weight is 403 g/mol. The number of guanidine groups is 1. The van der Waals surface area contributed by atoms with Gasteiger partial charge in [0.1, 0.15) is 0 Å². The van der Waals surface area contributed by atoms with Crippen LogP contribution in [0.25, 0.3) is 0 Å². The highest BCUT2D eigenvalue weighted by Crippen LogP contribution is 2.17. The van der Waals surface area contributed by atoms with Crippen LogP contribution in [0.15, 0.2) is 35.3 Å². The van der Waals surface area contributed by atoms with Crippen LogP contribution in [0.3, 0.4) is 0 Å². The molecule has 6 nitrogen and oxygen atoms in total. The maximum absolute atomic E-state index is 5.97. The van der Waals surface area contributed by atoms with Gasteiger partial charge in [0.2, 0.25) is 0 Å². The zero-order valence-corrected chi connectivity index (χ0v) is 18.2. The van der Waals surface area contributed by atoms with Crippen LogP contribution in [0, 0.1) is 11.8 Å². The average Bonchev–Trinajstić information content (AvgIpc) is 3.21. The third kappa shape index (κ3) is 7.61. The Morgan fingerprint density at radius 2 is 2.03 bits per heavy atom. The molecule has 0 aliphatic carbocycles. The van der Waals surface area contributed by atoms with Crippen molar-refractivity contribution in [1.29, 1.82) is 0 Å². The van der Waals surface area contributed by atoms with Crippen molar-refractivity contribution in [2.24, 2.45) is 16.8 Å². The van der Waals surface area contributed by atoms with Gasteiger partial charge in [-0.15, -0.1) is 0 Å². The quantitative estimate of drug-likeness (QED) is 0.508. The van der Waals surface area contributed by atoms with E-state index in [4.69, 9.17) is 14.5 Å². The van der Waals surface area contributed by atoms with Gasteiger partial charge < -0.3 is 19.7 Å². The van der Waals surface area contributed by atoms with Crippen molar-refractivity contribution in [2.45, 2.75) is 26.9 Å². The summed E-state index contributed by atoms with van der Waals surface area (Å²) < 4.78 is 11.4. The lowest BCUT2D eigenvalue weighted by atomic mass is 10.1. The lowest BCUT2D eigenvalue weighted by molar-refractivity contribution is 0.0323. The summed E-state index contributed by atoms with van der Waals surface area (Å²) in [5.41, 5.74) is 1.24. The predicted octanol–water partition coefficient (Wildman–Crippen LogP) is 2.46. The molecule has 2 heterocycles. The normalized spacial score (nSPS) is 22.1. The number of nitrogens with one attached hydrogen (secondary N) is 1. The highest BCUT2D eigenvalue weighted by molar-refractivity contribution is 5.80. The summed E-state index contributed by atoms with van der Waals surface area (Å²) in [6.07, 6.45) is 1.17. The number of hydrogen-bond acceptors (Lipinski definition) is 4. The minimum atomic E-state index is 0.550. The third-order valence-electron chi connectivity index (χ3n) is 5.61. The Balaban J connectivity index is 1.41. The molecule has 2 saturated heterocycles. The van der Waals surface area contributed by atoms with E-state index in [1.54, 1.807) is 0 Å². The van der Waals surface area contributed by atoms with Crippen molar-refractivity contribution >= 4 is 5.96 Å². The molecule has 0 bridgehead atoms. The van der Waals surface area contributed by atoms with Crippen LogP contribution in [0.4, 0.5) is 0 Å². The monoisotopic (exact) mass is 402 g/mol. The zero-order valence-electron chi connectivity index (χ0n) is 18.2. The summed E-state index contributed by atoms with van der Waals surface area (Å²) in [7, 11) is 0. The molecule has 3 rings (SSSR count). The summed E-state index contributed by atoms with van der Waals surface area (Å²) in [5, 5.41) is 3.49. The van der Waals surface area contributed by atoms with Crippen LogP contribution < -0.4 is 5.32 Å². The second kappa shape index (κ2) is 12.2.